The molecule has 2 N–H and O–H groups in total. The first-order chi connectivity index (χ1) is 7.69. The summed E-state index contributed by atoms with van der Waals surface area (Å²) in [5.41, 5.74) is 6.76. The van der Waals surface area contributed by atoms with Crippen molar-refractivity contribution in [1.82, 2.24) is 4.57 Å². The number of rotatable bonds is 6. The van der Waals surface area contributed by atoms with Crippen molar-refractivity contribution in [3.05, 3.63) is 18.0 Å². The van der Waals surface area contributed by atoms with Crippen LogP contribution < -0.4 is 5.73 Å². The first-order valence-electron chi connectivity index (χ1n) is 5.39. The molecule has 0 aliphatic carbocycles. The van der Waals surface area contributed by atoms with Crippen molar-refractivity contribution in [3.63, 3.8) is 0 Å². The SMILES string of the molecule is CCSCCOC(=O)c1cc(N)cn1CC. The molecule has 0 saturated heterocycles. The molecule has 0 aromatic carbocycles. The van der Waals surface area contributed by atoms with Gasteiger partial charge in [-0.2, -0.15) is 11.8 Å². The van der Waals surface area contributed by atoms with Gasteiger partial charge in [0.15, 0.2) is 0 Å². The molecule has 0 fully saturated rings. The van der Waals surface area contributed by atoms with Gasteiger partial charge < -0.3 is 15.0 Å². The maximum Gasteiger partial charge on any atom is 0.355 e. The van der Waals surface area contributed by atoms with Gasteiger partial charge in [0, 0.05) is 18.5 Å². The number of thioether (sulfide) groups is 1. The fourth-order valence-corrected chi connectivity index (χ4v) is 1.87. The number of carbonyl (C=O) groups is 1. The lowest BCUT2D eigenvalue weighted by Gasteiger charge is -2.06. The number of nitrogens with two attached hydrogens (primary N) is 1. The largest absolute Gasteiger partial charge is 0.460 e. The summed E-state index contributed by atoms with van der Waals surface area (Å²) >= 11 is 1.75. The monoisotopic (exact) mass is 242 g/mol. The van der Waals surface area contributed by atoms with E-state index in [1.807, 2.05) is 6.92 Å². The third kappa shape index (κ3) is 3.48. The Kier molecular flexibility index (Phi) is 5.25. The number of esters is 1. The van der Waals surface area contributed by atoms with Gasteiger partial charge in [0.05, 0.1) is 5.69 Å². The molecule has 0 atom stereocenters. The third-order valence-electron chi connectivity index (χ3n) is 2.13. The van der Waals surface area contributed by atoms with Crippen LogP contribution in [-0.4, -0.2) is 28.6 Å². The van der Waals surface area contributed by atoms with E-state index in [0.29, 0.717) is 24.5 Å². The van der Waals surface area contributed by atoms with Crippen LogP contribution in [0.2, 0.25) is 0 Å². The summed E-state index contributed by atoms with van der Waals surface area (Å²) in [5, 5.41) is 0. The van der Waals surface area contributed by atoms with Crippen molar-refractivity contribution < 1.29 is 9.53 Å². The van der Waals surface area contributed by atoms with Crippen LogP contribution >= 0.6 is 11.8 Å². The second-order valence-corrected chi connectivity index (χ2v) is 4.67. The molecular weight excluding hydrogens is 224 g/mol. The molecule has 1 aromatic heterocycles. The van der Waals surface area contributed by atoms with E-state index < -0.39 is 0 Å². The van der Waals surface area contributed by atoms with Crippen LogP contribution in [0.3, 0.4) is 0 Å². The summed E-state index contributed by atoms with van der Waals surface area (Å²) in [7, 11) is 0. The Labute approximate surface area is 100 Å². The highest BCUT2D eigenvalue weighted by Gasteiger charge is 2.12. The highest BCUT2D eigenvalue weighted by Crippen LogP contribution is 2.12. The maximum atomic E-state index is 11.7. The van der Waals surface area contributed by atoms with Crippen LogP contribution in [0, 0.1) is 0 Å². The predicted octanol–water partition coefficient (Wildman–Crippen LogP) is 2.00. The zero-order valence-corrected chi connectivity index (χ0v) is 10.5. The van der Waals surface area contributed by atoms with Crippen LogP contribution in [0.25, 0.3) is 0 Å². The maximum absolute atomic E-state index is 11.7. The minimum Gasteiger partial charge on any atom is -0.460 e. The van der Waals surface area contributed by atoms with E-state index in [1.165, 1.54) is 0 Å². The lowest BCUT2D eigenvalue weighted by Crippen LogP contribution is -2.12. The minimum absolute atomic E-state index is 0.296. The summed E-state index contributed by atoms with van der Waals surface area (Å²) < 4.78 is 6.95. The summed E-state index contributed by atoms with van der Waals surface area (Å²) in [4.78, 5) is 11.7. The van der Waals surface area contributed by atoms with Crippen LogP contribution in [-0.2, 0) is 11.3 Å². The van der Waals surface area contributed by atoms with E-state index in [2.05, 4.69) is 6.92 Å². The Morgan fingerprint density at radius 1 is 1.56 bits per heavy atom. The zero-order chi connectivity index (χ0) is 12.0. The van der Waals surface area contributed by atoms with E-state index in [1.54, 1.807) is 28.6 Å². The molecule has 4 nitrogen and oxygen atoms in total. The van der Waals surface area contributed by atoms with Gasteiger partial charge in [-0.1, -0.05) is 6.92 Å². The van der Waals surface area contributed by atoms with Crippen LogP contribution in [0.15, 0.2) is 12.3 Å². The van der Waals surface area contributed by atoms with Crippen molar-refractivity contribution >= 4 is 23.4 Å². The number of aromatic nitrogens is 1. The fraction of sp³-hybridized carbons (Fsp3) is 0.545. The molecule has 1 rings (SSSR count). The molecule has 0 aliphatic rings. The zero-order valence-electron chi connectivity index (χ0n) is 9.73. The number of hydrogen-bond acceptors (Lipinski definition) is 4. The molecule has 0 amide bonds. The van der Waals surface area contributed by atoms with E-state index in [9.17, 15) is 4.79 Å². The van der Waals surface area contributed by atoms with Gasteiger partial charge >= 0.3 is 5.97 Å². The summed E-state index contributed by atoms with van der Waals surface area (Å²) in [6, 6.07) is 1.65. The van der Waals surface area contributed by atoms with Crippen LogP contribution in [0.4, 0.5) is 5.69 Å². The summed E-state index contributed by atoms with van der Waals surface area (Å²) in [6.07, 6.45) is 1.75. The average molecular weight is 242 g/mol. The van der Waals surface area contributed by atoms with Crippen molar-refractivity contribution in [2.24, 2.45) is 0 Å². The van der Waals surface area contributed by atoms with E-state index in [-0.39, 0.29) is 5.97 Å². The quantitative estimate of drug-likeness (QED) is 0.612. The molecule has 0 aliphatic heterocycles. The summed E-state index contributed by atoms with van der Waals surface area (Å²) in [6.45, 7) is 5.20. The lowest BCUT2D eigenvalue weighted by molar-refractivity contribution is 0.0518. The van der Waals surface area contributed by atoms with Crippen molar-refractivity contribution in [1.29, 1.82) is 0 Å². The standard InChI is InChI=1S/C11H18N2O2S/c1-3-13-8-9(12)7-10(13)11(14)15-5-6-16-4-2/h7-8H,3-6,12H2,1-2H3. The van der Waals surface area contributed by atoms with Gasteiger partial charge in [-0.05, 0) is 18.7 Å². The molecule has 1 heterocycles. The highest BCUT2D eigenvalue weighted by atomic mass is 32.2. The normalized spacial score (nSPS) is 10.4. The minimum atomic E-state index is -0.296. The van der Waals surface area contributed by atoms with Crippen LogP contribution in [0.5, 0.6) is 0 Å². The second-order valence-electron chi connectivity index (χ2n) is 3.28. The van der Waals surface area contributed by atoms with Crippen molar-refractivity contribution in [3.8, 4) is 0 Å². The predicted molar refractivity (Wildman–Crippen MR) is 67.8 cm³/mol. The molecule has 0 spiro atoms. The number of anilines is 1. The van der Waals surface area contributed by atoms with Gasteiger partial charge in [0.25, 0.3) is 0 Å². The highest BCUT2D eigenvalue weighted by molar-refractivity contribution is 7.99. The molecular formula is C11H18N2O2S. The Hall–Kier alpha value is -1.10. The number of ether oxygens (including phenoxy) is 1. The van der Waals surface area contributed by atoms with Crippen LogP contribution in [0.1, 0.15) is 24.3 Å². The first kappa shape index (κ1) is 13.0. The number of hydrogen-bond donors (Lipinski definition) is 1. The summed E-state index contributed by atoms with van der Waals surface area (Å²) in [5.74, 6) is 1.58. The molecule has 0 bridgehead atoms. The number of nitrogen functional groups attached to an aromatic ring is 1. The lowest BCUT2D eigenvalue weighted by atomic mass is 10.4. The Balaban J connectivity index is 2.51. The number of nitrogens with zero attached hydrogens (tertiary/aromatic N) is 1. The molecule has 1 aromatic rings. The fourth-order valence-electron chi connectivity index (χ4n) is 1.38. The van der Waals surface area contributed by atoms with E-state index in [4.69, 9.17) is 10.5 Å². The first-order valence-corrected chi connectivity index (χ1v) is 6.55. The average Bonchev–Trinajstić information content (AvgIpc) is 2.65. The second kappa shape index (κ2) is 6.48. The molecule has 16 heavy (non-hydrogen) atoms. The molecule has 0 unspecified atom stereocenters. The smallest absolute Gasteiger partial charge is 0.355 e. The van der Waals surface area contributed by atoms with E-state index >= 15 is 0 Å². The molecule has 90 valence electrons. The van der Waals surface area contributed by atoms with Gasteiger partial charge in [0.2, 0.25) is 0 Å². The number of carbonyl (C=O) groups excluding carboxylic acids is 1. The van der Waals surface area contributed by atoms with Gasteiger partial charge in [0.1, 0.15) is 12.3 Å². The topological polar surface area (TPSA) is 57.2 Å². The molecule has 5 heteroatoms. The number of aryl methyl sites for hydroxylation is 1. The third-order valence-corrected chi connectivity index (χ3v) is 3.00. The van der Waals surface area contributed by atoms with Crippen molar-refractivity contribution in [2.75, 3.05) is 23.8 Å². The van der Waals surface area contributed by atoms with Gasteiger partial charge in [-0.15, -0.1) is 0 Å². The van der Waals surface area contributed by atoms with Gasteiger partial charge in [-0.25, -0.2) is 4.79 Å². The Morgan fingerprint density at radius 3 is 2.94 bits per heavy atom. The Bertz CT molecular complexity index is 350. The van der Waals surface area contributed by atoms with Gasteiger partial charge in [-0.3, -0.25) is 0 Å². The molecule has 0 saturated carbocycles. The Morgan fingerprint density at radius 2 is 2.31 bits per heavy atom. The van der Waals surface area contributed by atoms with Crippen molar-refractivity contribution in [2.45, 2.75) is 20.4 Å². The van der Waals surface area contributed by atoms with E-state index in [0.717, 1.165) is 11.5 Å². The molecule has 0 radical (unpaired) electrons.